The molecule has 2 fully saturated rings. The summed E-state index contributed by atoms with van der Waals surface area (Å²) in [6.07, 6.45) is 6.27. The molecule has 1 aliphatic carbocycles. The van der Waals surface area contributed by atoms with Gasteiger partial charge >= 0.3 is 0 Å². The summed E-state index contributed by atoms with van der Waals surface area (Å²) in [5.41, 5.74) is 3.22. The SMILES string of the molecule is CC.CN1CCCC1.Cc1[nH]c2c(c1C(=O)N1CCCC1)CCC2=O. The Balaban J connectivity index is 0.000000237. The molecule has 25 heavy (non-hydrogen) atoms. The molecule has 1 amide bonds. The second-order valence-electron chi connectivity index (χ2n) is 6.91. The summed E-state index contributed by atoms with van der Waals surface area (Å²) in [5, 5.41) is 0. The molecule has 0 radical (unpaired) electrons. The summed E-state index contributed by atoms with van der Waals surface area (Å²) in [7, 11) is 2.17. The van der Waals surface area contributed by atoms with Crippen molar-refractivity contribution in [2.24, 2.45) is 0 Å². The van der Waals surface area contributed by atoms with Crippen LogP contribution in [0.4, 0.5) is 0 Å². The van der Waals surface area contributed by atoms with Gasteiger partial charge in [-0.15, -0.1) is 0 Å². The molecule has 0 saturated carbocycles. The minimum absolute atomic E-state index is 0.104. The van der Waals surface area contributed by atoms with Crippen LogP contribution in [0.3, 0.4) is 0 Å². The fraction of sp³-hybridized carbons (Fsp3) is 0.700. The highest BCUT2D eigenvalue weighted by Gasteiger charge is 2.31. The number of ketones is 1. The van der Waals surface area contributed by atoms with E-state index in [0.717, 1.165) is 42.8 Å². The fourth-order valence-corrected chi connectivity index (χ4v) is 3.77. The average Bonchev–Trinajstić information content (AvgIpc) is 3.38. The minimum atomic E-state index is 0.104. The van der Waals surface area contributed by atoms with E-state index in [9.17, 15) is 9.59 Å². The fourth-order valence-electron chi connectivity index (χ4n) is 3.77. The lowest BCUT2D eigenvalue weighted by molar-refractivity contribution is 0.0791. The number of fused-ring (bicyclic) bond motifs is 1. The van der Waals surface area contributed by atoms with Gasteiger partial charge in [0, 0.05) is 25.2 Å². The van der Waals surface area contributed by atoms with Crippen LogP contribution >= 0.6 is 0 Å². The number of carbonyl (C=O) groups excluding carboxylic acids is 2. The number of H-pyrrole nitrogens is 1. The lowest BCUT2D eigenvalue weighted by Gasteiger charge is -2.15. The van der Waals surface area contributed by atoms with Gasteiger partial charge in [0.25, 0.3) is 5.91 Å². The van der Waals surface area contributed by atoms with Crippen molar-refractivity contribution < 1.29 is 9.59 Å². The maximum absolute atomic E-state index is 12.4. The van der Waals surface area contributed by atoms with Gasteiger partial charge in [0.1, 0.15) is 0 Å². The first-order valence-corrected chi connectivity index (χ1v) is 9.80. The van der Waals surface area contributed by atoms with Crippen molar-refractivity contribution in [2.75, 3.05) is 33.2 Å². The lowest BCUT2D eigenvalue weighted by Crippen LogP contribution is -2.28. The van der Waals surface area contributed by atoms with Crippen LogP contribution in [0.2, 0.25) is 0 Å². The molecule has 0 unspecified atom stereocenters. The van der Waals surface area contributed by atoms with E-state index in [2.05, 4.69) is 16.9 Å². The molecule has 0 aromatic carbocycles. The van der Waals surface area contributed by atoms with Gasteiger partial charge in [-0.1, -0.05) is 13.8 Å². The normalized spacial score (nSPS) is 19.2. The van der Waals surface area contributed by atoms with Crippen LogP contribution in [-0.4, -0.2) is 59.7 Å². The highest BCUT2D eigenvalue weighted by molar-refractivity contribution is 6.05. The van der Waals surface area contributed by atoms with E-state index >= 15 is 0 Å². The molecule has 0 spiro atoms. The van der Waals surface area contributed by atoms with Gasteiger partial charge in [-0.25, -0.2) is 0 Å². The number of Topliss-reactive ketones (excluding diaryl/α,β-unsaturated/α-hetero) is 1. The summed E-state index contributed by atoms with van der Waals surface area (Å²) in [5.74, 6) is 0.246. The largest absolute Gasteiger partial charge is 0.355 e. The third-order valence-corrected chi connectivity index (χ3v) is 5.11. The molecule has 0 atom stereocenters. The molecular weight excluding hydrogens is 314 g/mol. The number of rotatable bonds is 1. The van der Waals surface area contributed by atoms with E-state index in [0.29, 0.717) is 18.5 Å². The molecule has 1 N–H and O–H groups in total. The van der Waals surface area contributed by atoms with Crippen molar-refractivity contribution in [2.45, 2.75) is 59.3 Å². The molecular formula is C20H33N3O2. The Morgan fingerprint density at radius 1 is 0.960 bits per heavy atom. The van der Waals surface area contributed by atoms with Crippen LogP contribution in [0.1, 0.15) is 78.1 Å². The Morgan fingerprint density at radius 3 is 2.04 bits per heavy atom. The highest BCUT2D eigenvalue weighted by atomic mass is 16.2. The molecule has 0 bridgehead atoms. The van der Waals surface area contributed by atoms with E-state index in [4.69, 9.17) is 0 Å². The minimum Gasteiger partial charge on any atom is -0.355 e. The number of amides is 1. The number of aromatic amines is 1. The molecule has 3 aliphatic rings. The maximum atomic E-state index is 12.4. The number of nitrogens with one attached hydrogen (secondary N) is 1. The summed E-state index contributed by atoms with van der Waals surface area (Å²) in [6, 6.07) is 0. The lowest BCUT2D eigenvalue weighted by atomic mass is 10.1. The molecule has 140 valence electrons. The van der Waals surface area contributed by atoms with Gasteiger partial charge in [0.2, 0.25) is 0 Å². The Labute approximate surface area is 151 Å². The zero-order valence-electron chi connectivity index (χ0n) is 16.3. The summed E-state index contributed by atoms with van der Waals surface area (Å²) < 4.78 is 0. The first-order chi connectivity index (χ1) is 12.1. The first-order valence-electron chi connectivity index (χ1n) is 9.80. The number of aromatic nitrogens is 1. The van der Waals surface area contributed by atoms with E-state index in [1.165, 1.54) is 25.9 Å². The summed E-state index contributed by atoms with van der Waals surface area (Å²) in [6.45, 7) is 10.2. The van der Waals surface area contributed by atoms with Crippen LogP contribution < -0.4 is 0 Å². The second kappa shape index (κ2) is 9.18. The number of nitrogens with zero attached hydrogens (tertiary/aromatic N) is 2. The number of likely N-dealkylation sites (tertiary alicyclic amines) is 2. The van der Waals surface area contributed by atoms with Crippen molar-refractivity contribution >= 4 is 11.7 Å². The zero-order valence-corrected chi connectivity index (χ0v) is 16.3. The monoisotopic (exact) mass is 347 g/mol. The van der Waals surface area contributed by atoms with E-state index in [1.54, 1.807) is 0 Å². The van der Waals surface area contributed by atoms with Crippen molar-refractivity contribution in [3.8, 4) is 0 Å². The zero-order chi connectivity index (χ0) is 18.4. The van der Waals surface area contributed by atoms with Crippen LogP contribution in [-0.2, 0) is 6.42 Å². The third-order valence-electron chi connectivity index (χ3n) is 5.11. The van der Waals surface area contributed by atoms with Crippen LogP contribution in [0, 0.1) is 6.92 Å². The smallest absolute Gasteiger partial charge is 0.255 e. The number of aryl methyl sites for hydroxylation is 1. The third kappa shape index (κ3) is 4.51. The van der Waals surface area contributed by atoms with E-state index in [1.807, 2.05) is 25.7 Å². The highest BCUT2D eigenvalue weighted by Crippen LogP contribution is 2.29. The summed E-state index contributed by atoms with van der Waals surface area (Å²) >= 11 is 0. The number of carbonyl (C=O) groups is 2. The van der Waals surface area contributed by atoms with Gasteiger partial charge in [-0.05, 0) is 64.7 Å². The van der Waals surface area contributed by atoms with Crippen LogP contribution in [0.25, 0.3) is 0 Å². The number of hydrogen-bond acceptors (Lipinski definition) is 3. The van der Waals surface area contributed by atoms with Crippen molar-refractivity contribution in [1.29, 1.82) is 0 Å². The summed E-state index contributed by atoms with van der Waals surface area (Å²) in [4.78, 5) is 31.4. The predicted molar refractivity (Wildman–Crippen MR) is 101 cm³/mol. The van der Waals surface area contributed by atoms with E-state index < -0.39 is 0 Å². The molecule has 2 saturated heterocycles. The van der Waals surface area contributed by atoms with Crippen molar-refractivity contribution in [3.63, 3.8) is 0 Å². The first kappa shape index (κ1) is 19.7. The van der Waals surface area contributed by atoms with Crippen molar-refractivity contribution in [3.05, 3.63) is 22.5 Å². The van der Waals surface area contributed by atoms with Gasteiger partial charge in [0.15, 0.2) is 5.78 Å². The second-order valence-corrected chi connectivity index (χ2v) is 6.91. The predicted octanol–water partition coefficient (Wildman–Crippen LogP) is 3.43. The van der Waals surface area contributed by atoms with Crippen LogP contribution in [0.5, 0.6) is 0 Å². The molecule has 4 rings (SSSR count). The molecule has 2 aliphatic heterocycles. The average molecular weight is 348 g/mol. The van der Waals surface area contributed by atoms with E-state index in [-0.39, 0.29) is 11.7 Å². The quantitative estimate of drug-likeness (QED) is 0.847. The Kier molecular flexibility index (Phi) is 7.24. The maximum Gasteiger partial charge on any atom is 0.255 e. The molecule has 5 heteroatoms. The Bertz CT molecular complexity index is 594. The van der Waals surface area contributed by atoms with Crippen molar-refractivity contribution in [1.82, 2.24) is 14.8 Å². The van der Waals surface area contributed by atoms with Gasteiger partial charge in [0.05, 0.1) is 11.3 Å². The van der Waals surface area contributed by atoms with Gasteiger partial charge in [-0.2, -0.15) is 0 Å². The van der Waals surface area contributed by atoms with Gasteiger partial charge in [-0.3, -0.25) is 9.59 Å². The van der Waals surface area contributed by atoms with Gasteiger partial charge < -0.3 is 14.8 Å². The van der Waals surface area contributed by atoms with Crippen LogP contribution in [0.15, 0.2) is 0 Å². The molecule has 5 nitrogen and oxygen atoms in total. The molecule has 1 aromatic heterocycles. The number of hydrogen-bond donors (Lipinski definition) is 1. The Hall–Kier alpha value is -1.62. The standard InChI is InChI=1S/C13H16N2O2.C5H11N.C2H6/c1-8-11(13(17)15-6-2-3-7-15)9-4-5-10(16)12(9)14-8;1-6-4-2-3-5-6;1-2/h14H,2-7H2,1H3;2-5H2,1H3;1-2H3. The molecule has 3 heterocycles. The topological polar surface area (TPSA) is 56.4 Å². The molecule has 1 aromatic rings. The Morgan fingerprint density at radius 2 is 1.52 bits per heavy atom.